The Bertz CT molecular complexity index is 725. The zero-order valence-electron chi connectivity index (χ0n) is 14.2. The smallest absolute Gasteiger partial charge is 0.343 e. The van der Waals surface area contributed by atoms with E-state index >= 15 is 0 Å². The largest absolute Gasteiger partial charge is 0.481 e. The van der Waals surface area contributed by atoms with Gasteiger partial charge in [-0.2, -0.15) is 5.10 Å². The average Bonchev–Trinajstić information content (AvgIpc) is 2.93. The second-order valence-corrected chi connectivity index (χ2v) is 6.30. The monoisotopic (exact) mass is 332 g/mol. The number of nitrogens with zero attached hydrogens (tertiary/aromatic N) is 4. The van der Waals surface area contributed by atoms with E-state index in [0.717, 1.165) is 30.7 Å². The molecule has 2 heterocycles. The molecule has 0 unspecified atom stereocenters. The molecular weight excluding hydrogens is 308 g/mol. The van der Waals surface area contributed by atoms with Gasteiger partial charge in [0, 0.05) is 37.8 Å². The van der Waals surface area contributed by atoms with Crippen molar-refractivity contribution in [1.29, 1.82) is 0 Å². The van der Waals surface area contributed by atoms with E-state index in [1.807, 2.05) is 0 Å². The third-order valence-corrected chi connectivity index (χ3v) is 4.82. The van der Waals surface area contributed by atoms with Gasteiger partial charge >= 0.3 is 5.69 Å². The normalized spacial score (nSPS) is 20.9. The topological polar surface area (TPSA) is 97.7 Å². The van der Waals surface area contributed by atoms with Gasteiger partial charge in [0.2, 0.25) is 5.88 Å². The third-order valence-electron chi connectivity index (χ3n) is 4.82. The molecular formula is C16H24N6O2. The molecule has 0 radical (unpaired) electrons. The number of aromatic amines is 1. The Hall–Kier alpha value is -2.22. The van der Waals surface area contributed by atoms with Gasteiger partial charge in [0.1, 0.15) is 12.2 Å². The lowest BCUT2D eigenvalue weighted by Gasteiger charge is -2.32. The highest BCUT2D eigenvalue weighted by molar-refractivity contribution is 5.21. The number of nitrogens with one attached hydrogen (secondary N) is 2. The second kappa shape index (κ2) is 7.57. The molecule has 2 aromatic heterocycles. The van der Waals surface area contributed by atoms with Crippen LogP contribution < -0.4 is 15.7 Å². The van der Waals surface area contributed by atoms with Crippen LogP contribution in [0.25, 0.3) is 0 Å². The summed E-state index contributed by atoms with van der Waals surface area (Å²) in [5, 5.41) is 10.3. The van der Waals surface area contributed by atoms with Gasteiger partial charge in [0.15, 0.2) is 0 Å². The lowest BCUT2D eigenvalue weighted by atomic mass is 9.82. The van der Waals surface area contributed by atoms with Crippen LogP contribution in [0, 0.1) is 5.92 Å². The first-order valence-electron chi connectivity index (χ1n) is 8.35. The van der Waals surface area contributed by atoms with Gasteiger partial charge in [-0.25, -0.2) is 19.9 Å². The molecule has 1 aliphatic rings. The van der Waals surface area contributed by atoms with Crippen molar-refractivity contribution in [2.75, 3.05) is 7.11 Å². The van der Waals surface area contributed by atoms with Gasteiger partial charge in [0.25, 0.3) is 0 Å². The van der Waals surface area contributed by atoms with Crippen molar-refractivity contribution in [2.45, 2.75) is 44.7 Å². The first-order chi connectivity index (χ1) is 11.7. The van der Waals surface area contributed by atoms with Crippen LogP contribution in [0.5, 0.6) is 5.88 Å². The molecule has 8 heteroatoms. The highest BCUT2D eigenvalue weighted by Crippen LogP contribution is 2.27. The van der Waals surface area contributed by atoms with Crippen LogP contribution in [0.3, 0.4) is 0 Å². The zero-order valence-corrected chi connectivity index (χ0v) is 14.2. The van der Waals surface area contributed by atoms with Gasteiger partial charge in [-0.15, -0.1) is 0 Å². The highest BCUT2D eigenvalue weighted by Gasteiger charge is 2.26. The van der Waals surface area contributed by atoms with Crippen molar-refractivity contribution in [1.82, 2.24) is 30.0 Å². The maximum absolute atomic E-state index is 11.5. The van der Waals surface area contributed by atoms with Crippen molar-refractivity contribution in [3.05, 3.63) is 34.4 Å². The minimum Gasteiger partial charge on any atom is -0.481 e. The highest BCUT2D eigenvalue weighted by atomic mass is 16.5. The van der Waals surface area contributed by atoms with E-state index in [1.165, 1.54) is 19.2 Å². The van der Waals surface area contributed by atoms with Crippen molar-refractivity contribution in [3.8, 4) is 5.88 Å². The average molecular weight is 332 g/mol. The van der Waals surface area contributed by atoms with Crippen molar-refractivity contribution >= 4 is 0 Å². The molecule has 2 atom stereocenters. The van der Waals surface area contributed by atoms with Gasteiger partial charge in [-0.1, -0.05) is 12.8 Å². The number of hydrogen-bond acceptors (Lipinski definition) is 6. The molecule has 3 rings (SSSR count). The van der Waals surface area contributed by atoms with E-state index in [1.54, 1.807) is 24.9 Å². The summed E-state index contributed by atoms with van der Waals surface area (Å²) in [6, 6.07) is 0.385. The van der Waals surface area contributed by atoms with Crippen molar-refractivity contribution in [3.63, 3.8) is 0 Å². The SMILES string of the molecule is COc1ncncc1CN[C@@H]1CCCC[C@@H]1Cc1n[nH]c(=O)n1C. The van der Waals surface area contributed by atoms with Gasteiger partial charge in [-0.05, 0) is 18.8 Å². The van der Waals surface area contributed by atoms with Gasteiger partial charge < -0.3 is 10.1 Å². The molecule has 1 saturated carbocycles. The number of aromatic nitrogens is 5. The number of methoxy groups -OCH3 is 1. The fourth-order valence-electron chi connectivity index (χ4n) is 3.41. The summed E-state index contributed by atoms with van der Waals surface area (Å²) in [6.07, 6.45) is 8.78. The van der Waals surface area contributed by atoms with E-state index in [0.29, 0.717) is 24.4 Å². The van der Waals surface area contributed by atoms with E-state index in [4.69, 9.17) is 4.74 Å². The van der Waals surface area contributed by atoms with Crippen LogP contribution in [0.4, 0.5) is 0 Å². The van der Waals surface area contributed by atoms with E-state index in [2.05, 4.69) is 25.5 Å². The predicted molar refractivity (Wildman–Crippen MR) is 88.7 cm³/mol. The summed E-state index contributed by atoms with van der Waals surface area (Å²) >= 11 is 0. The molecule has 2 aromatic rings. The lowest BCUT2D eigenvalue weighted by Crippen LogP contribution is -2.39. The molecule has 1 fully saturated rings. The molecule has 8 nitrogen and oxygen atoms in total. The fraction of sp³-hybridized carbons (Fsp3) is 0.625. The first-order valence-corrected chi connectivity index (χ1v) is 8.35. The van der Waals surface area contributed by atoms with Crippen LogP contribution in [-0.2, 0) is 20.0 Å². The zero-order chi connectivity index (χ0) is 16.9. The molecule has 24 heavy (non-hydrogen) atoms. The summed E-state index contributed by atoms with van der Waals surface area (Å²) in [7, 11) is 3.38. The Labute approximate surface area is 140 Å². The lowest BCUT2D eigenvalue weighted by molar-refractivity contribution is 0.253. The minimum absolute atomic E-state index is 0.156. The van der Waals surface area contributed by atoms with Gasteiger partial charge in [-0.3, -0.25) is 4.57 Å². The third kappa shape index (κ3) is 3.64. The van der Waals surface area contributed by atoms with Crippen molar-refractivity contribution in [2.24, 2.45) is 13.0 Å². The molecule has 0 bridgehead atoms. The van der Waals surface area contributed by atoms with Crippen LogP contribution in [0.15, 0.2) is 17.3 Å². The first kappa shape index (κ1) is 16.6. The van der Waals surface area contributed by atoms with E-state index < -0.39 is 0 Å². The Morgan fingerprint density at radius 3 is 3.00 bits per heavy atom. The maximum atomic E-state index is 11.5. The minimum atomic E-state index is -0.156. The Balaban J connectivity index is 1.66. The number of H-pyrrole nitrogens is 1. The standard InChI is InChI=1S/C16H24N6O2/c1-22-14(20-21-16(22)23)7-11-5-3-4-6-13(11)18-9-12-8-17-10-19-15(12)24-2/h8,10-11,13,18H,3-7,9H2,1-2H3,(H,21,23)/t11-,13-/m1/s1. The molecule has 130 valence electrons. The summed E-state index contributed by atoms with van der Waals surface area (Å²) in [4.78, 5) is 19.8. The Morgan fingerprint density at radius 1 is 1.42 bits per heavy atom. The maximum Gasteiger partial charge on any atom is 0.343 e. The van der Waals surface area contributed by atoms with Gasteiger partial charge in [0.05, 0.1) is 7.11 Å². The van der Waals surface area contributed by atoms with Crippen molar-refractivity contribution < 1.29 is 4.74 Å². The summed E-state index contributed by atoms with van der Waals surface area (Å²) in [5.41, 5.74) is 0.799. The second-order valence-electron chi connectivity index (χ2n) is 6.30. The number of hydrogen-bond donors (Lipinski definition) is 2. The Kier molecular flexibility index (Phi) is 5.24. The van der Waals surface area contributed by atoms with Crippen LogP contribution in [-0.4, -0.2) is 37.9 Å². The molecule has 1 aliphatic carbocycles. The quantitative estimate of drug-likeness (QED) is 0.812. The molecule has 0 aliphatic heterocycles. The number of rotatable bonds is 6. The van der Waals surface area contributed by atoms with Crippen LogP contribution >= 0.6 is 0 Å². The van der Waals surface area contributed by atoms with Crippen LogP contribution in [0.1, 0.15) is 37.1 Å². The fourth-order valence-corrected chi connectivity index (χ4v) is 3.41. The Morgan fingerprint density at radius 2 is 2.25 bits per heavy atom. The predicted octanol–water partition coefficient (Wildman–Crippen LogP) is 0.798. The molecule has 2 N–H and O–H groups in total. The summed E-state index contributed by atoms with van der Waals surface area (Å²) in [6.45, 7) is 0.671. The molecule has 0 amide bonds. The summed E-state index contributed by atoms with van der Waals surface area (Å²) in [5.74, 6) is 1.89. The van der Waals surface area contributed by atoms with Crippen LogP contribution in [0.2, 0.25) is 0 Å². The summed E-state index contributed by atoms with van der Waals surface area (Å²) < 4.78 is 6.88. The molecule has 0 spiro atoms. The number of ether oxygens (including phenoxy) is 1. The van der Waals surface area contributed by atoms with E-state index in [9.17, 15) is 4.79 Å². The van der Waals surface area contributed by atoms with E-state index in [-0.39, 0.29) is 5.69 Å². The molecule has 0 saturated heterocycles. The molecule has 0 aromatic carbocycles.